The van der Waals surface area contributed by atoms with Crippen molar-refractivity contribution >= 4 is 28.9 Å². The lowest BCUT2D eigenvalue weighted by Crippen LogP contribution is -2.47. The van der Waals surface area contributed by atoms with Crippen molar-refractivity contribution in [3.05, 3.63) is 33.6 Å². The molecule has 8 heteroatoms. The Morgan fingerprint density at radius 3 is 2.25 bits per heavy atom. The van der Waals surface area contributed by atoms with E-state index in [0.29, 0.717) is 17.5 Å². The maximum Gasteiger partial charge on any atom is 0.348 e. The van der Waals surface area contributed by atoms with Gasteiger partial charge in [-0.25, -0.2) is 4.79 Å². The van der Waals surface area contributed by atoms with Crippen molar-refractivity contribution in [3.8, 4) is 5.88 Å². The maximum absolute atomic E-state index is 14.0. The lowest BCUT2D eigenvalue weighted by atomic mass is 9.81. The van der Waals surface area contributed by atoms with E-state index in [1.807, 2.05) is 30.0 Å². The normalized spacial score (nSPS) is 24.8. The Balaban J connectivity index is 1.59. The molecule has 0 aliphatic heterocycles. The molecule has 2 aliphatic rings. The van der Waals surface area contributed by atoms with E-state index in [0.717, 1.165) is 61.9 Å². The molecule has 0 spiro atoms. The van der Waals surface area contributed by atoms with Crippen molar-refractivity contribution in [1.29, 1.82) is 0 Å². The molecule has 0 atom stereocenters. The Morgan fingerprint density at radius 1 is 1.03 bits per heavy atom. The summed E-state index contributed by atoms with van der Waals surface area (Å²) in [5.41, 5.74) is 1.23. The van der Waals surface area contributed by atoms with Gasteiger partial charge >= 0.3 is 5.97 Å². The molecule has 2 saturated carbocycles. The molecular formula is C28H39N3O4S. The summed E-state index contributed by atoms with van der Waals surface area (Å²) in [4.78, 5) is 29.5. The molecular weight excluding hydrogens is 474 g/mol. The van der Waals surface area contributed by atoms with Gasteiger partial charge in [0.1, 0.15) is 11.0 Å². The number of carbonyl (C=O) groups is 2. The van der Waals surface area contributed by atoms with E-state index in [1.54, 1.807) is 0 Å². The number of hydrogen-bond donors (Lipinski definition) is 1. The second-order valence-electron chi connectivity index (χ2n) is 11.6. The van der Waals surface area contributed by atoms with Crippen molar-refractivity contribution in [2.24, 2.45) is 11.8 Å². The Bertz CT molecular complexity index is 1060. The van der Waals surface area contributed by atoms with Gasteiger partial charge in [0.25, 0.3) is 0 Å². The number of aromatic nitrogens is 2. The highest BCUT2D eigenvalue weighted by Crippen LogP contribution is 2.42. The van der Waals surface area contributed by atoms with E-state index < -0.39 is 5.97 Å². The molecule has 1 amide bonds. The van der Waals surface area contributed by atoms with Gasteiger partial charge in [-0.3, -0.25) is 4.79 Å². The maximum atomic E-state index is 14.0. The van der Waals surface area contributed by atoms with Crippen LogP contribution in [0.5, 0.6) is 5.88 Å². The van der Waals surface area contributed by atoms with Crippen molar-refractivity contribution in [2.45, 2.75) is 104 Å². The quantitative estimate of drug-likeness (QED) is 0.481. The molecule has 1 N–H and O–H groups in total. The number of carbonyl (C=O) groups excluding carboxylic acids is 1. The summed E-state index contributed by atoms with van der Waals surface area (Å²) in [6.45, 7) is 10.4. The Hall–Kier alpha value is -2.48. The van der Waals surface area contributed by atoms with Crippen LogP contribution in [0, 0.1) is 18.8 Å². The summed E-state index contributed by atoms with van der Waals surface area (Å²) in [5.74, 6) is 0.252. The fourth-order valence-corrected chi connectivity index (χ4v) is 6.37. The first kappa shape index (κ1) is 26.6. The first-order chi connectivity index (χ1) is 17.0. The summed E-state index contributed by atoms with van der Waals surface area (Å²) in [7, 11) is 0. The Kier molecular flexibility index (Phi) is 8.03. The average Bonchev–Trinajstić information content (AvgIpc) is 3.28. The number of ether oxygens (including phenoxy) is 1. The van der Waals surface area contributed by atoms with Crippen LogP contribution in [0.2, 0.25) is 0 Å². The van der Waals surface area contributed by atoms with Crippen LogP contribution in [-0.2, 0) is 10.2 Å². The van der Waals surface area contributed by atoms with Crippen LogP contribution in [0.4, 0.5) is 5.69 Å². The molecule has 196 valence electrons. The van der Waals surface area contributed by atoms with Gasteiger partial charge in [-0.05, 0) is 81.8 Å². The van der Waals surface area contributed by atoms with E-state index in [-0.39, 0.29) is 34.3 Å². The smallest absolute Gasteiger partial charge is 0.348 e. The number of anilines is 1. The number of rotatable bonds is 6. The van der Waals surface area contributed by atoms with Gasteiger partial charge < -0.3 is 14.7 Å². The Labute approximate surface area is 218 Å². The van der Waals surface area contributed by atoms with E-state index in [9.17, 15) is 14.7 Å². The zero-order chi connectivity index (χ0) is 26.0. The van der Waals surface area contributed by atoms with Gasteiger partial charge in [-0.2, -0.15) is 5.10 Å². The largest absolute Gasteiger partial charge is 0.477 e. The number of amides is 1. The van der Waals surface area contributed by atoms with Crippen LogP contribution in [0.25, 0.3) is 0 Å². The molecule has 0 radical (unpaired) electrons. The van der Waals surface area contributed by atoms with Gasteiger partial charge in [0.15, 0.2) is 0 Å². The van der Waals surface area contributed by atoms with Gasteiger partial charge in [0.05, 0.1) is 11.4 Å². The van der Waals surface area contributed by atoms with E-state index >= 15 is 0 Å². The molecule has 2 aliphatic carbocycles. The molecule has 4 rings (SSSR count). The predicted molar refractivity (Wildman–Crippen MR) is 142 cm³/mol. The summed E-state index contributed by atoms with van der Waals surface area (Å²) in [5, 5.41) is 18.3. The zero-order valence-electron chi connectivity index (χ0n) is 22.1. The molecule has 36 heavy (non-hydrogen) atoms. The SMILES string of the molecule is Cc1ccc(O[C@H]2CC[C@H](N(c3cc(C(C)(C)C)sc3C(=O)O)C(=O)[C@H]3CC[C@H](C)CC3)CC2)nn1. The van der Waals surface area contributed by atoms with Crippen molar-refractivity contribution in [1.82, 2.24) is 10.2 Å². The minimum atomic E-state index is -0.962. The third-order valence-electron chi connectivity index (χ3n) is 7.58. The standard InChI is InChI=1S/C28H39N3O4S/c1-17-6-9-19(10-7-17)26(32)31(22-16-23(28(3,4)5)36-25(22)27(33)34)20-11-13-21(14-12-20)35-24-15-8-18(2)29-30-24/h8,15-17,19-21H,6-7,9-14H2,1-5H3,(H,33,34)/t17-,19-,20-,21-. The second-order valence-corrected chi connectivity index (χ2v) is 12.7. The number of aryl methyl sites for hydroxylation is 1. The fourth-order valence-electron chi connectivity index (χ4n) is 5.32. The highest BCUT2D eigenvalue weighted by atomic mass is 32.1. The van der Waals surface area contributed by atoms with Gasteiger partial charge in [0.2, 0.25) is 11.8 Å². The number of hydrogen-bond acceptors (Lipinski definition) is 6. The summed E-state index contributed by atoms with van der Waals surface area (Å²) >= 11 is 1.30. The van der Waals surface area contributed by atoms with Crippen molar-refractivity contribution in [2.75, 3.05) is 4.90 Å². The molecule has 0 saturated heterocycles. The minimum Gasteiger partial charge on any atom is -0.477 e. The number of carboxylic acids is 1. The first-order valence-corrected chi connectivity index (χ1v) is 14.0. The minimum absolute atomic E-state index is 0.0114. The fraction of sp³-hybridized carbons (Fsp3) is 0.643. The summed E-state index contributed by atoms with van der Waals surface area (Å²) in [6.07, 6.45) is 6.94. The number of aromatic carboxylic acids is 1. The molecule has 2 heterocycles. The van der Waals surface area contributed by atoms with E-state index in [4.69, 9.17) is 4.74 Å². The van der Waals surface area contributed by atoms with Crippen LogP contribution in [-0.4, -0.2) is 39.3 Å². The Morgan fingerprint density at radius 2 is 1.69 bits per heavy atom. The highest BCUT2D eigenvalue weighted by Gasteiger charge is 2.38. The summed E-state index contributed by atoms with van der Waals surface area (Å²) < 4.78 is 6.07. The monoisotopic (exact) mass is 513 g/mol. The molecule has 2 aromatic rings. The van der Waals surface area contributed by atoms with Crippen LogP contribution >= 0.6 is 11.3 Å². The highest BCUT2D eigenvalue weighted by molar-refractivity contribution is 7.14. The number of carboxylic acid groups (broad SMARTS) is 1. The van der Waals surface area contributed by atoms with Crippen LogP contribution < -0.4 is 9.64 Å². The summed E-state index contributed by atoms with van der Waals surface area (Å²) in [6, 6.07) is 5.65. The third-order valence-corrected chi connectivity index (χ3v) is 9.12. The molecule has 0 unspecified atom stereocenters. The average molecular weight is 514 g/mol. The lowest BCUT2D eigenvalue weighted by molar-refractivity contribution is -0.124. The first-order valence-electron chi connectivity index (χ1n) is 13.2. The van der Waals surface area contributed by atoms with Crippen molar-refractivity contribution < 1.29 is 19.4 Å². The van der Waals surface area contributed by atoms with Crippen LogP contribution in [0.15, 0.2) is 18.2 Å². The topological polar surface area (TPSA) is 92.6 Å². The van der Waals surface area contributed by atoms with E-state index in [2.05, 4.69) is 37.9 Å². The third kappa shape index (κ3) is 6.07. The van der Waals surface area contributed by atoms with Crippen molar-refractivity contribution in [3.63, 3.8) is 0 Å². The second kappa shape index (κ2) is 10.9. The van der Waals surface area contributed by atoms with Gasteiger partial charge in [0, 0.05) is 22.9 Å². The predicted octanol–water partition coefficient (Wildman–Crippen LogP) is 6.39. The molecule has 0 aromatic carbocycles. The molecule has 7 nitrogen and oxygen atoms in total. The van der Waals surface area contributed by atoms with E-state index in [1.165, 1.54) is 11.3 Å². The zero-order valence-corrected chi connectivity index (χ0v) is 22.9. The lowest BCUT2D eigenvalue weighted by Gasteiger charge is -2.39. The number of nitrogens with zero attached hydrogens (tertiary/aromatic N) is 3. The van der Waals surface area contributed by atoms with Crippen LogP contribution in [0.1, 0.15) is 99.3 Å². The van der Waals surface area contributed by atoms with Crippen LogP contribution in [0.3, 0.4) is 0 Å². The number of thiophene rings is 1. The van der Waals surface area contributed by atoms with Gasteiger partial charge in [-0.15, -0.1) is 16.4 Å². The molecule has 2 fully saturated rings. The molecule has 0 bridgehead atoms. The van der Waals surface area contributed by atoms with Gasteiger partial charge in [-0.1, -0.05) is 27.7 Å². The molecule has 2 aromatic heterocycles.